The van der Waals surface area contributed by atoms with E-state index >= 15 is 0 Å². The van der Waals surface area contributed by atoms with Crippen LogP contribution in [0.25, 0.3) is 11.8 Å². The molecule has 1 heterocycles. The first-order valence-corrected chi connectivity index (χ1v) is 11.3. The average Bonchev–Trinajstić information content (AvgIpc) is 3.22. The molecule has 1 unspecified atom stereocenters. The number of hydrogen-bond donors (Lipinski definition) is 1. The highest BCUT2D eigenvalue weighted by atomic mass is 35.5. The molecule has 3 rings (SSSR count). The van der Waals surface area contributed by atoms with Crippen LogP contribution in [0.3, 0.4) is 0 Å². The Morgan fingerprint density at radius 1 is 1.25 bits per heavy atom. The van der Waals surface area contributed by atoms with E-state index in [1.807, 2.05) is 67.1 Å². The second-order valence-electron chi connectivity index (χ2n) is 7.87. The van der Waals surface area contributed by atoms with Crippen molar-refractivity contribution in [2.45, 2.75) is 39.7 Å². The van der Waals surface area contributed by atoms with Crippen LogP contribution in [-0.2, 0) is 4.79 Å². The van der Waals surface area contributed by atoms with Crippen LogP contribution in [0, 0.1) is 13.8 Å². The number of imidazole rings is 1. The van der Waals surface area contributed by atoms with E-state index in [9.17, 15) is 4.79 Å². The maximum atomic E-state index is 13.1. The van der Waals surface area contributed by atoms with Crippen molar-refractivity contribution in [1.29, 1.82) is 0 Å². The van der Waals surface area contributed by atoms with Gasteiger partial charge in [0.25, 0.3) is 0 Å². The van der Waals surface area contributed by atoms with E-state index < -0.39 is 0 Å². The first-order chi connectivity index (χ1) is 15.4. The number of nitrogens with zero attached hydrogens (tertiary/aromatic N) is 2. The third-order valence-electron chi connectivity index (χ3n) is 5.41. The third-order valence-corrected chi connectivity index (χ3v) is 5.68. The topological polar surface area (TPSA) is 56.1 Å². The van der Waals surface area contributed by atoms with Crippen molar-refractivity contribution in [1.82, 2.24) is 14.9 Å². The number of ether oxygens (including phenoxy) is 1. The molecular formula is C26H30ClN3O2. The number of methoxy groups -OCH3 is 1. The lowest BCUT2D eigenvalue weighted by Crippen LogP contribution is -2.28. The Balaban J connectivity index is 1.87. The van der Waals surface area contributed by atoms with E-state index in [0.29, 0.717) is 23.6 Å². The molecule has 1 aromatic heterocycles. The molecule has 3 aromatic rings. The van der Waals surface area contributed by atoms with Crippen LogP contribution in [0.15, 0.2) is 60.6 Å². The van der Waals surface area contributed by atoms with Gasteiger partial charge in [-0.25, -0.2) is 4.98 Å². The highest BCUT2D eigenvalue weighted by Gasteiger charge is 2.16. The fourth-order valence-corrected chi connectivity index (χ4v) is 3.83. The molecule has 0 aliphatic rings. The van der Waals surface area contributed by atoms with Gasteiger partial charge in [0.1, 0.15) is 5.75 Å². The second-order valence-corrected chi connectivity index (χ2v) is 8.25. The Morgan fingerprint density at radius 3 is 2.69 bits per heavy atom. The summed E-state index contributed by atoms with van der Waals surface area (Å²) in [7, 11) is 1.64. The van der Waals surface area contributed by atoms with Crippen molar-refractivity contribution in [2.24, 2.45) is 0 Å². The number of amides is 1. The van der Waals surface area contributed by atoms with Crippen LogP contribution >= 0.6 is 11.6 Å². The molecule has 0 fully saturated rings. The molecule has 0 bridgehead atoms. The van der Waals surface area contributed by atoms with Crippen molar-refractivity contribution in [3.63, 3.8) is 0 Å². The monoisotopic (exact) mass is 451 g/mol. The summed E-state index contributed by atoms with van der Waals surface area (Å²) in [6, 6.07) is 13.9. The summed E-state index contributed by atoms with van der Waals surface area (Å²) in [5.74, 6) is 1.13. The zero-order valence-corrected chi connectivity index (χ0v) is 19.8. The number of hydrogen-bond acceptors (Lipinski definition) is 3. The number of carbonyl (C=O) groups is 1. The predicted octanol–water partition coefficient (Wildman–Crippen LogP) is 5.78. The third kappa shape index (κ3) is 5.80. The molecule has 2 aromatic carbocycles. The minimum absolute atomic E-state index is 0.0841. The standard InChI is InChI=1S/C26H30ClN3O2/c1-18-8-5-6-10-23(18)20(3)29-26(31)22(9-7-13-27)14-21-11-12-24(25(15-21)32-4)30-16-19(2)28-17-30/h5-6,8,10-12,14-17,20H,7,9,13H2,1-4H3,(H,29,31). The quantitative estimate of drug-likeness (QED) is 0.331. The summed E-state index contributed by atoms with van der Waals surface area (Å²) in [5.41, 5.74) is 5.68. The van der Waals surface area contributed by atoms with Crippen molar-refractivity contribution in [3.8, 4) is 11.4 Å². The van der Waals surface area contributed by atoms with Crippen LogP contribution in [0.2, 0.25) is 0 Å². The Morgan fingerprint density at radius 2 is 2.03 bits per heavy atom. The number of halogens is 1. The minimum atomic E-state index is -0.0931. The number of alkyl halides is 1. The van der Waals surface area contributed by atoms with Crippen molar-refractivity contribution < 1.29 is 9.53 Å². The van der Waals surface area contributed by atoms with Crippen LogP contribution in [-0.4, -0.2) is 28.4 Å². The van der Waals surface area contributed by atoms with Gasteiger partial charge < -0.3 is 14.6 Å². The van der Waals surface area contributed by atoms with Crippen LogP contribution in [0.4, 0.5) is 0 Å². The lowest BCUT2D eigenvalue weighted by Gasteiger charge is -2.18. The number of rotatable bonds is 9. The van der Waals surface area contributed by atoms with Gasteiger partial charge in [-0.2, -0.15) is 0 Å². The Hall–Kier alpha value is -3.05. The van der Waals surface area contributed by atoms with Gasteiger partial charge in [-0.05, 0) is 68.5 Å². The van der Waals surface area contributed by atoms with E-state index in [-0.39, 0.29) is 11.9 Å². The van der Waals surface area contributed by atoms with E-state index in [1.54, 1.807) is 13.4 Å². The van der Waals surface area contributed by atoms with Crippen LogP contribution in [0.5, 0.6) is 5.75 Å². The fourth-order valence-electron chi connectivity index (χ4n) is 3.70. The molecule has 168 valence electrons. The Labute approximate surface area is 195 Å². The summed E-state index contributed by atoms with van der Waals surface area (Å²) >= 11 is 5.93. The minimum Gasteiger partial charge on any atom is -0.495 e. The largest absolute Gasteiger partial charge is 0.495 e. The molecule has 0 aliphatic carbocycles. The SMILES string of the molecule is COc1cc(C=C(CCCCl)C(=O)NC(C)c2ccccc2C)ccc1-n1cnc(C)c1. The number of aryl methyl sites for hydroxylation is 2. The molecule has 1 amide bonds. The first kappa shape index (κ1) is 23.6. The van der Waals surface area contributed by atoms with Gasteiger partial charge in [0.15, 0.2) is 0 Å². The number of carbonyl (C=O) groups excluding carboxylic acids is 1. The Kier molecular flexibility index (Phi) is 8.12. The van der Waals surface area contributed by atoms with Gasteiger partial charge in [0.05, 0.1) is 30.9 Å². The van der Waals surface area contributed by atoms with Crippen molar-refractivity contribution in [2.75, 3.05) is 13.0 Å². The molecule has 0 saturated carbocycles. The molecule has 5 nitrogen and oxygen atoms in total. The summed E-state index contributed by atoms with van der Waals surface area (Å²) in [5, 5.41) is 3.14. The Bertz CT molecular complexity index is 1100. The molecule has 1 atom stereocenters. The van der Waals surface area contributed by atoms with E-state index in [0.717, 1.165) is 34.5 Å². The summed E-state index contributed by atoms with van der Waals surface area (Å²) < 4.78 is 7.53. The number of nitrogens with one attached hydrogen (secondary N) is 1. The fraction of sp³-hybridized carbons (Fsp3) is 0.308. The summed E-state index contributed by atoms with van der Waals surface area (Å²) in [4.78, 5) is 17.4. The van der Waals surface area contributed by atoms with Gasteiger partial charge >= 0.3 is 0 Å². The molecule has 1 N–H and O–H groups in total. The molecule has 0 spiro atoms. The summed E-state index contributed by atoms with van der Waals surface area (Å²) in [6.45, 7) is 6.00. The van der Waals surface area contributed by atoms with Crippen LogP contribution < -0.4 is 10.1 Å². The normalized spacial score (nSPS) is 12.5. The van der Waals surface area contributed by atoms with E-state index in [1.165, 1.54) is 0 Å². The highest BCUT2D eigenvalue weighted by Crippen LogP contribution is 2.26. The zero-order chi connectivity index (χ0) is 23.1. The first-order valence-electron chi connectivity index (χ1n) is 10.7. The van der Waals surface area contributed by atoms with E-state index in [2.05, 4.69) is 23.3 Å². The predicted molar refractivity (Wildman–Crippen MR) is 131 cm³/mol. The molecule has 32 heavy (non-hydrogen) atoms. The average molecular weight is 452 g/mol. The van der Waals surface area contributed by atoms with Crippen LogP contribution in [0.1, 0.15) is 48.2 Å². The molecule has 6 heteroatoms. The van der Waals surface area contributed by atoms with Crippen molar-refractivity contribution >= 4 is 23.6 Å². The number of benzene rings is 2. The maximum Gasteiger partial charge on any atom is 0.247 e. The van der Waals surface area contributed by atoms with Gasteiger partial charge in [0.2, 0.25) is 5.91 Å². The van der Waals surface area contributed by atoms with E-state index in [4.69, 9.17) is 16.3 Å². The van der Waals surface area contributed by atoms with Gasteiger partial charge in [-0.3, -0.25) is 4.79 Å². The number of aromatic nitrogens is 2. The molecule has 0 radical (unpaired) electrons. The van der Waals surface area contributed by atoms with Gasteiger partial charge in [-0.1, -0.05) is 30.3 Å². The smallest absolute Gasteiger partial charge is 0.247 e. The molecule has 0 aliphatic heterocycles. The lowest BCUT2D eigenvalue weighted by atomic mass is 10.0. The molecular weight excluding hydrogens is 422 g/mol. The second kappa shape index (κ2) is 11.0. The lowest BCUT2D eigenvalue weighted by molar-refractivity contribution is -0.118. The van der Waals surface area contributed by atoms with Crippen molar-refractivity contribution in [3.05, 3.63) is 82.9 Å². The van der Waals surface area contributed by atoms with Gasteiger partial charge in [-0.15, -0.1) is 11.6 Å². The van der Waals surface area contributed by atoms with Gasteiger partial charge in [0, 0.05) is 17.6 Å². The zero-order valence-electron chi connectivity index (χ0n) is 19.1. The molecule has 0 saturated heterocycles. The summed E-state index contributed by atoms with van der Waals surface area (Å²) in [6.07, 6.45) is 6.94. The maximum absolute atomic E-state index is 13.1. The highest BCUT2D eigenvalue weighted by molar-refractivity contribution is 6.17.